The zero-order valence-corrected chi connectivity index (χ0v) is 9.33. The molecule has 0 atom stereocenters. The summed E-state index contributed by atoms with van der Waals surface area (Å²) in [4.78, 5) is 2.46. The molecule has 70 valence electrons. The van der Waals surface area contributed by atoms with Crippen LogP contribution in [0.25, 0.3) is 23.3 Å². The molecule has 0 saturated heterocycles. The van der Waals surface area contributed by atoms with Crippen molar-refractivity contribution in [3.63, 3.8) is 0 Å². The Morgan fingerprint density at radius 3 is 1.64 bits per heavy atom. The molecule has 2 aromatic rings. The lowest BCUT2D eigenvalue weighted by Gasteiger charge is -1.98. The Morgan fingerprint density at radius 2 is 1.29 bits per heavy atom. The highest BCUT2D eigenvalue weighted by atomic mass is 32.1. The van der Waals surface area contributed by atoms with Crippen LogP contribution in [0.15, 0.2) is 36.1 Å². The molecule has 0 fully saturated rings. The third-order valence-corrected chi connectivity index (χ3v) is 3.88. The molecular weight excluding hydrogens is 208 g/mol. The van der Waals surface area contributed by atoms with Gasteiger partial charge in [-0.2, -0.15) is 0 Å². The molecule has 2 heterocycles. The molecule has 0 saturated carbocycles. The molecule has 0 nitrogen and oxygen atoms in total. The lowest BCUT2D eigenvalue weighted by atomic mass is 10.1. The standard InChI is InChI=1S/C12H10S2/c1-3-11-9(5-7-13-11)10-6-8-14-12(10)4-2/h3-8H,1-2H2. The smallest absolute Gasteiger partial charge is 0.0343 e. The topological polar surface area (TPSA) is 0 Å². The first-order valence-corrected chi connectivity index (χ1v) is 6.03. The van der Waals surface area contributed by atoms with Crippen molar-refractivity contribution in [3.8, 4) is 11.1 Å². The zero-order chi connectivity index (χ0) is 9.97. The van der Waals surface area contributed by atoms with E-state index in [0.717, 1.165) is 0 Å². The summed E-state index contributed by atoms with van der Waals surface area (Å²) >= 11 is 3.44. The molecule has 0 bridgehead atoms. The summed E-state index contributed by atoms with van der Waals surface area (Å²) in [6.45, 7) is 7.63. The third kappa shape index (κ3) is 1.47. The Kier molecular flexibility index (Phi) is 2.66. The quantitative estimate of drug-likeness (QED) is 0.696. The molecule has 0 spiro atoms. The molecule has 0 amide bonds. The number of hydrogen-bond donors (Lipinski definition) is 0. The number of hydrogen-bond acceptors (Lipinski definition) is 2. The molecule has 2 heteroatoms. The van der Waals surface area contributed by atoms with Crippen LogP contribution in [0.5, 0.6) is 0 Å². The van der Waals surface area contributed by atoms with Gasteiger partial charge in [-0.05, 0) is 22.9 Å². The van der Waals surface area contributed by atoms with E-state index in [0.29, 0.717) is 0 Å². The van der Waals surface area contributed by atoms with Crippen molar-refractivity contribution in [2.75, 3.05) is 0 Å². The van der Waals surface area contributed by atoms with Gasteiger partial charge in [0.1, 0.15) is 0 Å². The maximum atomic E-state index is 3.82. The summed E-state index contributed by atoms with van der Waals surface area (Å²) in [6.07, 6.45) is 3.81. The van der Waals surface area contributed by atoms with Gasteiger partial charge >= 0.3 is 0 Å². The molecule has 0 unspecified atom stereocenters. The first kappa shape index (κ1) is 9.44. The summed E-state index contributed by atoms with van der Waals surface area (Å²) in [5.41, 5.74) is 2.53. The summed E-state index contributed by atoms with van der Waals surface area (Å²) in [7, 11) is 0. The summed E-state index contributed by atoms with van der Waals surface area (Å²) in [5, 5.41) is 4.19. The Morgan fingerprint density at radius 1 is 0.857 bits per heavy atom. The van der Waals surface area contributed by atoms with Crippen LogP contribution in [-0.4, -0.2) is 0 Å². The Bertz CT molecular complexity index is 416. The molecule has 0 aromatic carbocycles. The highest BCUT2D eigenvalue weighted by Crippen LogP contribution is 2.34. The largest absolute Gasteiger partial charge is 0.144 e. The van der Waals surface area contributed by atoms with Crippen molar-refractivity contribution >= 4 is 34.8 Å². The van der Waals surface area contributed by atoms with E-state index in [9.17, 15) is 0 Å². The Balaban J connectivity index is 2.59. The van der Waals surface area contributed by atoms with E-state index in [-0.39, 0.29) is 0 Å². The fourth-order valence-electron chi connectivity index (χ4n) is 1.40. The molecule has 0 aliphatic carbocycles. The van der Waals surface area contributed by atoms with Crippen molar-refractivity contribution in [1.82, 2.24) is 0 Å². The Labute approximate surface area is 91.8 Å². The van der Waals surface area contributed by atoms with Gasteiger partial charge in [-0.1, -0.05) is 25.3 Å². The van der Waals surface area contributed by atoms with Crippen molar-refractivity contribution in [2.24, 2.45) is 0 Å². The molecule has 14 heavy (non-hydrogen) atoms. The molecule has 0 N–H and O–H groups in total. The molecule has 0 aliphatic rings. The minimum Gasteiger partial charge on any atom is -0.144 e. The average Bonchev–Trinajstić information content (AvgIpc) is 2.85. The van der Waals surface area contributed by atoms with Crippen LogP contribution in [0.4, 0.5) is 0 Å². The minimum atomic E-state index is 1.23. The second kappa shape index (κ2) is 3.95. The van der Waals surface area contributed by atoms with Gasteiger partial charge in [0.25, 0.3) is 0 Å². The van der Waals surface area contributed by atoms with Crippen LogP contribution in [-0.2, 0) is 0 Å². The molecule has 2 rings (SSSR count). The Hall–Kier alpha value is -1.12. The van der Waals surface area contributed by atoms with E-state index in [4.69, 9.17) is 0 Å². The molecule has 0 aliphatic heterocycles. The van der Waals surface area contributed by atoms with Gasteiger partial charge in [-0.15, -0.1) is 22.7 Å². The van der Waals surface area contributed by atoms with Gasteiger partial charge in [-0.25, -0.2) is 0 Å². The summed E-state index contributed by atoms with van der Waals surface area (Å²) in [5.74, 6) is 0. The first-order valence-electron chi connectivity index (χ1n) is 4.27. The second-order valence-electron chi connectivity index (χ2n) is 2.81. The van der Waals surface area contributed by atoms with E-state index in [1.807, 2.05) is 12.2 Å². The predicted molar refractivity (Wildman–Crippen MR) is 67.8 cm³/mol. The van der Waals surface area contributed by atoms with E-state index in [1.165, 1.54) is 20.9 Å². The zero-order valence-electron chi connectivity index (χ0n) is 7.69. The fourth-order valence-corrected chi connectivity index (χ4v) is 2.91. The van der Waals surface area contributed by atoms with Gasteiger partial charge in [-0.3, -0.25) is 0 Å². The summed E-state index contributed by atoms with van der Waals surface area (Å²) in [6, 6.07) is 4.27. The van der Waals surface area contributed by atoms with Gasteiger partial charge in [0.05, 0.1) is 0 Å². The van der Waals surface area contributed by atoms with Gasteiger partial charge in [0.15, 0.2) is 0 Å². The lowest BCUT2D eigenvalue weighted by molar-refractivity contribution is 1.79. The highest BCUT2D eigenvalue weighted by molar-refractivity contribution is 7.12. The monoisotopic (exact) mass is 218 g/mol. The van der Waals surface area contributed by atoms with E-state index >= 15 is 0 Å². The van der Waals surface area contributed by atoms with E-state index in [2.05, 4.69) is 36.1 Å². The third-order valence-electron chi connectivity index (χ3n) is 2.05. The predicted octanol–water partition coefficient (Wildman–Crippen LogP) is 4.76. The van der Waals surface area contributed by atoms with E-state index < -0.39 is 0 Å². The van der Waals surface area contributed by atoms with Crippen LogP contribution in [0.1, 0.15) is 9.75 Å². The fraction of sp³-hybridized carbons (Fsp3) is 0. The molecular formula is C12H10S2. The number of rotatable bonds is 3. The van der Waals surface area contributed by atoms with Crippen molar-refractivity contribution in [1.29, 1.82) is 0 Å². The normalized spacial score (nSPS) is 10.0. The number of thiophene rings is 2. The average molecular weight is 218 g/mol. The molecule has 0 radical (unpaired) electrons. The lowest BCUT2D eigenvalue weighted by Crippen LogP contribution is -1.74. The van der Waals surface area contributed by atoms with Gasteiger partial charge in [0.2, 0.25) is 0 Å². The second-order valence-corrected chi connectivity index (χ2v) is 4.70. The van der Waals surface area contributed by atoms with Gasteiger partial charge < -0.3 is 0 Å². The maximum absolute atomic E-state index is 3.82. The van der Waals surface area contributed by atoms with Crippen LogP contribution in [0.3, 0.4) is 0 Å². The minimum absolute atomic E-state index is 1.23. The van der Waals surface area contributed by atoms with Crippen LogP contribution >= 0.6 is 22.7 Å². The van der Waals surface area contributed by atoms with Crippen molar-refractivity contribution in [3.05, 3.63) is 45.8 Å². The van der Waals surface area contributed by atoms with Gasteiger partial charge in [0, 0.05) is 20.9 Å². The summed E-state index contributed by atoms with van der Waals surface area (Å²) < 4.78 is 0. The van der Waals surface area contributed by atoms with Crippen molar-refractivity contribution in [2.45, 2.75) is 0 Å². The highest BCUT2D eigenvalue weighted by Gasteiger charge is 2.08. The van der Waals surface area contributed by atoms with Crippen LogP contribution < -0.4 is 0 Å². The van der Waals surface area contributed by atoms with E-state index in [1.54, 1.807) is 22.7 Å². The SMILES string of the molecule is C=Cc1sccc1-c1ccsc1C=C. The van der Waals surface area contributed by atoms with Crippen molar-refractivity contribution < 1.29 is 0 Å². The maximum Gasteiger partial charge on any atom is 0.0343 e. The van der Waals surface area contributed by atoms with Crippen LogP contribution in [0, 0.1) is 0 Å². The first-order chi connectivity index (χ1) is 6.86. The van der Waals surface area contributed by atoms with Crippen LogP contribution in [0.2, 0.25) is 0 Å². The molecule has 2 aromatic heterocycles.